The zero-order valence-corrected chi connectivity index (χ0v) is 10.4. The molecule has 0 radical (unpaired) electrons. The SMILES string of the molecule is CCC(=O)c1ccc(SCC(C)C)cc1. The number of carbonyl (C=O) groups excluding carboxylic acids is 1. The molecule has 0 saturated carbocycles. The number of ketones is 1. The lowest BCUT2D eigenvalue weighted by molar-refractivity contribution is 0.0988. The first-order chi connectivity index (χ1) is 7.13. The second kappa shape index (κ2) is 5.96. The summed E-state index contributed by atoms with van der Waals surface area (Å²) in [5.74, 6) is 2.04. The van der Waals surface area contributed by atoms with Gasteiger partial charge in [0.2, 0.25) is 0 Å². The van der Waals surface area contributed by atoms with Gasteiger partial charge in [-0.15, -0.1) is 11.8 Å². The lowest BCUT2D eigenvalue weighted by atomic mass is 10.1. The zero-order chi connectivity index (χ0) is 11.3. The zero-order valence-electron chi connectivity index (χ0n) is 9.62. The number of hydrogen-bond acceptors (Lipinski definition) is 2. The topological polar surface area (TPSA) is 17.1 Å². The summed E-state index contributed by atoms with van der Waals surface area (Å²) in [5.41, 5.74) is 0.825. The first-order valence-corrected chi connectivity index (χ1v) is 6.38. The largest absolute Gasteiger partial charge is 0.294 e. The molecule has 1 aromatic rings. The molecule has 0 heterocycles. The van der Waals surface area contributed by atoms with Crippen molar-refractivity contribution in [3.8, 4) is 0 Å². The summed E-state index contributed by atoms with van der Waals surface area (Å²) in [6.07, 6.45) is 0.582. The number of Topliss-reactive ketones (excluding diaryl/α,β-unsaturated/α-hetero) is 1. The van der Waals surface area contributed by atoms with E-state index in [1.165, 1.54) is 4.90 Å². The molecule has 1 aromatic carbocycles. The Hall–Kier alpha value is -0.760. The molecule has 0 aromatic heterocycles. The third kappa shape index (κ3) is 4.08. The molecule has 0 aliphatic carbocycles. The lowest BCUT2D eigenvalue weighted by Crippen LogP contribution is -1.95. The van der Waals surface area contributed by atoms with E-state index in [0.717, 1.165) is 11.3 Å². The van der Waals surface area contributed by atoms with E-state index in [1.54, 1.807) is 0 Å². The Labute approximate surface area is 96.3 Å². The van der Waals surface area contributed by atoms with Crippen LogP contribution >= 0.6 is 11.8 Å². The normalized spacial score (nSPS) is 10.7. The highest BCUT2D eigenvalue weighted by Gasteiger charge is 2.03. The van der Waals surface area contributed by atoms with Crippen LogP contribution in [0.5, 0.6) is 0 Å². The minimum atomic E-state index is 0.218. The molecule has 2 heteroatoms. The van der Waals surface area contributed by atoms with Crippen molar-refractivity contribution in [1.82, 2.24) is 0 Å². The van der Waals surface area contributed by atoms with Gasteiger partial charge in [-0.05, 0) is 18.1 Å². The third-order valence-corrected chi connectivity index (χ3v) is 3.52. The van der Waals surface area contributed by atoms with E-state index in [4.69, 9.17) is 0 Å². The molecule has 0 aliphatic rings. The fraction of sp³-hybridized carbons (Fsp3) is 0.462. The summed E-state index contributed by atoms with van der Waals surface area (Å²) >= 11 is 1.85. The van der Waals surface area contributed by atoms with Crippen molar-refractivity contribution in [2.75, 3.05) is 5.75 Å². The van der Waals surface area contributed by atoms with Crippen LogP contribution in [0.2, 0.25) is 0 Å². The predicted octanol–water partition coefficient (Wildman–Crippen LogP) is 4.03. The fourth-order valence-electron chi connectivity index (χ4n) is 1.20. The third-order valence-electron chi connectivity index (χ3n) is 2.08. The van der Waals surface area contributed by atoms with Crippen LogP contribution in [0, 0.1) is 5.92 Å². The molecule has 0 fully saturated rings. The smallest absolute Gasteiger partial charge is 0.162 e. The molecule has 0 spiro atoms. The van der Waals surface area contributed by atoms with Crippen LogP contribution < -0.4 is 0 Å². The van der Waals surface area contributed by atoms with Gasteiger partial charge in [0.15, 0.2) is 5.78 Å². The van der Waals surface area contributed by atoms with E-state index >= 15 is 0 Å². The van der Waals surface area contributed by atoms with Crippen LogP contribution in [0.15, 0.2) is 29.2 Å². The van der Waals surface area contributed by atoms with Crippen molar-refractivity contribution >= 4 is 17.5 Å². The van der Waals surface area contributed by atoms with Gasteiger partial charge in [0, 0.05) is 22.6 Å². The molecule has 0 amide bonds. The average molecular weight is 222 g/mol. The maximum absolute atomic E-state index is 11.4. The second-order valence-electron chi connectivity index (χ2n) is 4.01. The minimum absolute atomic E-state index is 0.218. The second-order valence-corrected chi connectivity index (χ2v) is 5.10. The molecule has 0 aliphatic heterocycles. The van der Waals surface area contributed by atoms with Gasteiger partial charge < -0.3 is 0 Å². The molecule has 0 saturated heterocycles. The minimum Gasteiger partial charge on any atom is -0.294 e. The summed E-state index contributed by atoms with van der Waals surface area (Å²) in [6, 6.07) is 7.93. The van der Waals surface area contributed by atoms with Crippen molar-refractivity contribution in [2.24, 2.45) is 5.92 Å². The molecule has 1 nitrogen and oxygen atoms in total. The lowest BCUT2D eigenvalue weighted by Gasteiger charge is -2.05. The maximum Gasteiger partial charge on any atom is 0.162 e. The Morgan fingerprint density at radius 2 is 1.87 bits per heavy atom. The van der Waals surface area contributed by atoms with E-state index in [-0.39, 0.29) is 5.78 Å². The van der Waals surface area contributed by atoms with Crippen molar-refractivity contribution in [1.29, 1.82) is 0 Å². The van der Waals surface area contributed by atoms with E-state index in [0.29, 0.717) is 12.3 Å². The highest BCUT2D eigenvalue weighted by atomic mass is 32.2. The van der Waals surface area contributed by atoms with Crippen LogP contribution in [0.4, 0.5) is 0 Å². The molecule has 0 unspecified atom stereocenters. The summed E-state index contributed by atoms with van der Waals surface area (Å²) in [4.78, 5) is 12.6. The Kier molecular flexibility index (Phi) is 4.89. The summed E-state index contributed by atoms with van der Waals surface area (Å²) in [5, 5.41) is 0. The van der Waals surface area contributed by atoms with Crippen LogP contribution in [0.3, 0.4) is 0 Å². The monoisotopic (exact) mass is 222 g/mol. The Morgan fingerprint density at radius 1 is 1.27 bits per heavy atom. The van der Waals surface area contributed by atoms with E-state index < -0.39 is 0 Å². The van der Waals surface area contributed by atoms with Gasteiger partial charge in [0.25, 0.3) is 0 Å². The molecule has 82 valence electrons. The molecule has 15 heavy (non-hydrogen) atoms. The van der Waals surface area contributed by atoms with E-state index in [1.807, 2.05) is 43.0 Å². The Morgan fingerprint density at radius 3 is 2.33 bits per heavy atom. The number of carbonyl (C=O) groups is 1. The summed E-state index contributed by atoms with van der Waals surface area (Å²) in [7, 11) is 0. The highest BCUT2D eigenvalue weighted by Crippen LogP contribution is 2.21. The predicted molar refractivity (Wildman–Crippen MR) is 66.6 cm³/mol. The Bertz CT molecular complexity index is 314. The first kappa shape index (κ1) is 12.3. The molecule has 1 rings (SSSR count). The van der Waals surface area contributed by atoms with Gasteiger partial charge in [0.05, 0.1) is 0 Å². The quantitative estimate of drug-likeness (QED) is 0.552. The van der Waals surface area contributed by atoms with Crippen LogP contribution in [-0.4, -0.2) is 11.5 Å². The number of rotatable bonds is 5. The number of benzene rings is 1. The van der Waals surface area contributed by atoms with Crippen molar-refractivity contribution in [3.63, 3.8) is 0 Å². The van der Waals surface area contributed by atoms with E-state index in [9.17, 15) is 4.79 Å². The highest BCUT2D eigenvalue weighted by molar-refractivity contribution is 7.99. The number of thioether (sulfide) groups is 1. The molecule has 0 bridgehead atoms. The summed E-state index contributed by atoms with van der Waals surface area (Å²) in [6.45, 7) is 6.31. The standard InChI is InChI=1S/C13H18OS/c1-4-13(14)11-5-7-12(8-6-11)15-9-10(2)3/h5-8,10H,4,9H2,1-3H3. The van der Waals surface area contributed by atoms with Gasteiger partial charge >= 0.3 is 0 Å². The van der Waals surface area contributed by atoms with Gasteiger partial charge in [-0.25, -0.2) is 0 Å². The van der Waals surface area contributed by atoms with Crippen LogP contribution in [-0.2, 0) is 0 Å². The first-order valence-electron chi connectivity index (χ1n) is 5.39. The molecule has 0 atom stereocenters. The maximum atomic E-state index is 11.4. The van der Waals surface area contributed by atoms with Gasteiger partial charge in [0.1, 0.15) is 0 Å². The van der Waals surface area contributed by atoms with Crippen molar-refractivity contribution in [2.45, 2.75) is 32.1 Å². The van der Waals surface area contributed by atoms with Gasteiger partial charge in [-0.3, -0.25) is 4.79 Å². The molecular weight excluding hydrogens is 204 g/mol. The number of hydrogen-bond donors (Lipinski definition) is 0. The Balaban J connectivity index is 2.60. The van der Waals surface area contributed by atoms with E-state index in [2.05, 4.69) is 13.8 Å². The van der Waals surface area contributed by atoms with Crippen LogP contribution in [0.1, 0.15) is 37.6 Å². The van der Waals surface area contributed by atoms with Gasteiger partial charge in [-0.2, -0.15) is 0 Å². The van der Waals surface area contributed by atoms with Crippen molar-refractivity contribution in [3.05, 3.63) is 29.8 Å². The van der Waals surface area contributed by atoms with Crippen LogP contribution in [0.25, 0.3) is 0 Å². The van der Waals surface area contributed by atoms with Crippen molar-refractivity contribution < 1.29 is 4.79 Å². The van der Waals surface area contributed by atoms with Gasteiger partial charge in [-0.1, -0.05) is 32.9 Å². The fourth-order valence-corrected chi connectivity index (χ4v) is 2.06. The molecular formula is C13H18OS. The summed E-state index contributed by atoms with van der Waals surface area (Å²) < 4.78 is 0. The average Bonchev–Trinajstić information content (AvgIpc) is 2.26. The molecule has 0 N–H and O–H groups in total.